The SMILES string of the molecule is CC(C)CNC(=O)C(=O)N1CC2(CCN(C)C2)C1. The van der Waals surface area contributed by atoms with Crippen molar-refractivity contribution in [3.05, 3.63) is 0 Å². The molecule has 5 nitrogen and oxygen atoms in total. The highest BCUT2D eigenvalue weighted by atomic mass is 16.2. The molecule has 2 amide bonds. The van der Waals surface area contributed by atoms with Gasteiger partial charge in [0.15, 0.2) is 0 Å². The topological polar surface area (TPSA) is 52.7 Å². The summed E-state index contributed by atoms with van der Waals surface area (Å²) < 4.78 is 0. The molecule has 102 valence electrons. The number of carbonyl (C=O) groups is 2. The molecular formula is C13H23N3O2. The van der Waals surface area contributed by atoms with E-state index in [1.807, 2.05) is 13.8 Å². The van der Waals surface area contributed by atoms with Gasteiger partial charge in [0, 0.05) is 31.6 Å². The molecule has 5 heteroatoms. The quantitative estimate of drug-likeness (QED) is 0.701. The Hall–Kier alpha value is -1.10. The van der Waals surface area contributed by atoms with Crippen molar-refractivity contribution in [3.8, 4) is 0 Å². The van der Waals surface area contributed by atoms with E-state index in [1.54, 1.807) is 4.90 Å². The number of amides is 2. The van der Waals surface area contributed by atoms with Crippen LogP contribution >= 0.6 is 0 Å². The third kappa shape index (κ3) is 2.66. The Morgan fingerprint density at radius 3 is 2.44 bits per heavy atom. The van der Waals surface area contributed by atoms with Crippen LogP contribution < -0.4 is 5.32 Å². The number of nitrogens with one attached hydrogen (secondary N) is 1. The van der Waals surface area contributed by atoms with E-state index in [1.165, 1.54) is 0 Å². The van der Waals surface area contributed by atoms with E-state index in [9.17, 15) is 9.59 Å². The third-order valence-electron chi connectivity index (χ3n) is 3.83. The van der Waals surface area contributed by atoms with Crippen molar-refractivity contribution in [2.24, 2.45) is 11.3 Å². The summed E-state index contributed by atoms with van der Waals surface area (Å²) in [4.78, 5) is 27.5. The average molecular weight is 253 g/mol. The van der Waals surface area contributed by atoms with Gasteiger partial charge in [-0.1, -0.05) is 13.8 Å². The zero-order chi connectivity index (χ0) is 13.3. The molecular weight excluding hydrogens is 230 g/mol. The van der Waals surface area contributed by atoms with Crippen LogP contribution in [-0.4, -0.2) is 61.4 Å². The summed E-state index contributed by atoms with van der Waals surface area (Å²) in [5.74, 6) is -0.450. The number of hydrogen-bond acceptors (Lipinski definition) is 3. The molecule has 2 fully saturated rings. The molecule has 0 aromatic carbocycles. The lowest BCUT2D eigenvalue weighted by Crippen LogP contribution is -2.62. The molecule has 0 unspecified atom stereocenters. The Morgan fingerprint density at radius 2 is 1.94 bits per heavy atom. The molecule has 0 bridgehead atoms. The minimum absolute atomic E-state index is 0.267. The molecule has 0 aliphatic carbocycles. The minimum atomic E-state index is -0.454. The predicted molar refractivity (Wildman–Crippen MR) is 69.0 cm³/mol. The first-order valence-corrected chi connectivity index (χ1v) is 6.67. The van der Waals surface area contributed by atoms with Gasteiger partial charge in [0.2, 0.25) is 0 Å². The molecule has 0 saturated carbocycles. The first-order chi connectivity index (χ1) is 8.42. The van der Waals surface area contributed by atoms with Crippen LogP contribution in [-0.2, 0) is 9.59 Å². The summed E-state index contributed by atoms with van der Waals surface area (Å²) in [6.07, 6.45) is 1.14. The molecule has 2 aliphatic heterocycles. The van der Waals surface area contributed by atoms with Crippen LogP contribution in [0.5, 0.6) is 0 Å². The van der Waals surface area contributed by atoms with Gasteiger partial charge >= 0.3 is 11.8 Å². The van der Waals surface area contributed by atoms with Gasteiger partial charge in [0.1, 0.15) is 0 Å². The molecule has 0 atom stereocenters. The maximum Gasteiger partial charge on any atom is 0.311 e. The fourth-order valence-corrected chi connectivity index (χ4v) is 2.84. The maximum absolute atomic E-state index is 11.9. The largest absolute Gasteiger partial charge is 0.348 e. The molecule has 18 heavy (non-hydrogen) atoms. The van der Waals surface area contributed by atoms with E-state index in [0.29, 0.717) is 12.5 Å². The third-order valence-corrected chi connectivity index (χ3v) is 3.83. The van der Waals surface area contributed by atoms with Crippen molar-refractivity contribution >= 4 is 11.8 Å². The highest BCUT2D eigenvalue weighted by molar-refractivity contribution is 6.35. The van der Waals surface area contributed by atoms with Crippen molar-refractivity contribution < 1.29 is 9.59 Å². The van der Waals surface area contributed by atoms with Crippen LogP contribution in [0.1, 0.15) is 20.3 Å². The molecule has 0 aromatic rings. The van der Waals surface area contributed by atoms with Crippen LogP contribution in [0, 0.1) is 11.3 Å². The summed E-state index contributed by atoms with van der Waals surface area (Å²) >= 11 is 0. The van der Waals surface area contributed by atoms with Crippen molar-refractivity contribution in [3.63, 3.8) is 0 Å². The minimum Gasteiger partial charge on any atom is -0.348 e. The van der Waals surface area contributed by atoms with E-state index in [4.69, 9.17) is 0 Å². The number of hydrogen-bond donors (Lipinski definition) is 1. The Bertz CT molecular complexity index is 348. The van der Waals surface area contributed by atoms with Gasteiger partial charge in [-0.25, -0.2) is 0 Å². The van der Waals surface area contributed by atoms with Crippen molar-refractivity contribution in [1.29, 1.82) is 0 Å². The van der Waals surface area contributed by atoms with Gasteiger partial charge in [0.05, 0.1) is 0 Å². The molecule has 2 heterocycles. The Kier molecular flexibility index (Phi) is 3.61. The summed E-state index contributed by atoms with van der Waals surface area (Å²) in [6, 6.07) is 0. The smallest absolute Gasteiger partial charge is 0.311 e. The van der Waals surface area contributed by atoms with E-state index in [-0.39, 0.29) is 11.3 Å². The summed E-state index contributed by atoms with van der Waals surface area (Å²) in [6.45, 7) is 8.21. The number of nitrogens with zero attached hydrogens (tertiary/aromatic N) is 2. The van der Waals surface area contributed by atoms with Crippen molar-refractivity contribution in [1.82, 2.24) is 15.1 Å². The molecule has 2 aliphatic rings. The fraction of sp³-hybridized carbons (Fsp3) is 0.846. The highest BCUT2D eigenvalue weighted by Crippen LogP contribution is 2.38. The first-order valence-electron chi connectivity index (χ1n) is 6.67. The summed E-state index contributed by atoms with van der Waals surface area (Å²) in [5.41, 5.74) is 0.267. The average Bonchev–Trinajstić information content (AvgIpc) is 2.65. The van der Waals surface area contributed by atoms with Crippen molar-refractivity contribution in [2.45, 2.75) is 20.3 Å². The lowest BCUT2D eigenvalue weighted by molar-refractivity contribution is -0.153. The maximum atomic E-state index is 11.9. The van der Waals surface area contributed by atoms with Gasteiger partial charge in [-0.05, 0) is 25.9 Å². The van der Waals surface area contributed by atoms with E-state index in [2.05, 4.69) is 17.3 Å². The van der Waals surface area contributed by atoms with Gasteiger partial charge in [-0.3, -0.25) is 9.59 Å². The van der Waals surface area contributed by atoms with Crippen LogP contribution in [0.15, 0.2) is 0 Å². The monoisotopic (exact) mass is 253 g/mol. The molecule has 2 saturated heterocycles. The Labute approximate surface area is 108 Å². The van der Waals surface area contributed by atoms with Gasteiger partial charge in [-0.15, -0.1) is 0 Å². The lowest BCUT2D eigenvalue weighted by atomic mass is 9.79. The van der Waals surface area contributed by atoms with Gasteiger partial charge in [0.25, 0.3) is 0 Å². The zero-order valence-electron chi connectivity index (χ0n) is 11.5. The lowest BCUT2D eigenvalue weighted by Gasteiger charge is -2.47. The molecule has 0 aromatic heterocycles. The molecule has 0 radical (unpaired) electrons. The number of rotatable bonds is 2. The predicted octanol–water partition coefficient (Wildman–Crippen LogP) is -0.0773. The highest BCUT2D eigenvalue weighted by Gasteiger charge is 2.49. The second-order valence-corrected chi connectivity index (χ2v) is 6.25. The number of carbonyl (C=O) groups excluding carboxylic acids is 2. The number of likely N-dealkylation sites (tertiary alicyclic amines) is 2. The van der Waals surface area contributed by atoms with Gasteiger partial charge in [-0.2, -0.15) is 0 Å². The Balaban J connectivity index is 1.77. The first kappa shape index (κ1) is 13.3. The van der Waals surface area contributed by atoms with Gasteiger partial charge < -0.3 is 15.1 Å². The van der Waals surface area contributed by atoms with E-state index in [0.717, 1.165) is 32.6 Å². The second kappa shape index (κ2) is 4.88. The molecule has 1 spiro atoms. The molecule has 1 N–H and O–H groups in total. The van der Waals surface area contributed by atoms with Crippen LogP contribution in [0.25, 0.3) is 0 Å². The van der Waals surface area contributed by atoms with Crippen molar-refractivity contribution in [2.75, 3.05) is 39.8 Å². The van der Waals surface area contributed by atoms with E-state index < -0.39 is 5.91 Å². The van der Waals surface area contributed by atoms with Crippen LogP contribution in [0.2, 0.25) is 0 Å². The fourth-order valence-electron chi connectivity index (χ4n) is 2.84. The van der Waals surface area contributed by atoms with E-state index >= 15 is 0 Å². The summed E-state index contributed by atoms with van der Waals surface area (Å²) in [7, 11) is 2.11. The molecule has 2 rings (SSSR count). The summed E-state index contributed by atoms with van der Waals surface area (Å²) in [5, 5.41) is 2.68. The second-order valence-electron chi connectivity index (χ2n) is 6.25. The Morgan fingerprint density at radius 1 is 1.28 bits per heavy atom. The standard InChI is InChI=1S/C13H23N3O2/c1-10(2)6-14-11(17)12(18)16-8-13(9-16)4-5-15(3)7-13/h10H,4-9H2,1-3H3,(H,14,17). The normalized spacial score (nSPS) is 22.3. The zero-order valence-corrected chi connectivity index (χ0v) is 11.5. The van der Waals surface area contributed by atoms with Crippen LogP contribution in [0.3, 0.4) is 0 Å². The van der Waals surface area contributed by atoms with Crippen LogP contribution in [0.4, 0.5) is 0 Å².